The topological polar surface area (TPSA) is 95.8 Å². The molecule has 0 spiro atoms. The number of rotatable bonds is 26. The zero-order chi connectivity index (χ0) is 51.9. The van der Waals surface area contributed by atoms with Gasteiger partial charge in [0.15, 0.2) is 0 Å². The van der Waals surface area contributed by atoms with Crippen molar-refractivity contribution < 1.29 is 82.1 Å². The normalized spacial score (nSPS) is 12.0. The SMILES string of the molecule is Cc1ccc(OCC(O)COc2ccc(CCCO[Si](C)(c3ccccc3)c3ccccc3)cc2)cc1.Cc1ccc(OCC(O)COc2ccc(CCCO[Si](C)(c3ccccc3)c3ccccc3)cc2)cc1.[Ac]. The number of hydrogen-bond donors (Lipinski definition) is 2. The molecule has 0 bridgehead atoms. The second-order valence-electron chi connectivity index (χ2n) is 18.9. The van der Waals surface area contributed by atoms with Gasteiger partial charge in [0.2, 0.25) is 0 Å². The molecule has 8 aromatic carbocycles. The smallest absolute Gasteiger partial charge is 0.252 e. The first-order chi connectivity index (χ1) is 36.1. The second-order valence-corrected chi connectivity index (χ2v) is 25.9. The van der Waals surface area contributed by atoms with Gasteiger partial charge in [-0.05, 0) is 133 Å². The monoisotopic (exact) mass is 1250 g/mol. The molecule has 75 heavy (non-hydrogen) atoms. The van der Waals surface area contributed by atoms with Crippen molar-refractivity contribution in [2.45, 2.75) is 64.8 Å². The molecule has 0 saturated heterocycles. The standard InChI is InChI=1S/2C32H36O4Si.Ac/c2*1-26-15-19-29(20-16-26)34-24-28(33)25-35-30-21-17-27(18-22-30)10-9-23-36-37(2,31-11-5-3-6-12-31)32-13-7-4-8-14-32;/h2*3-8,11-22,28,33H,9-10,23-25H2,1-2H3;. The zero-order valence-corrected chi connectivity index (χ0v) is 50.7. The van der Waals surface area contributed by atoms with Crippen LogP contribution >= 0.6 is 0 Å². The third kappa shape index (κ3) is 19.0. The van der Waals surface area contributed by atoms with Crippen LogP contribution in [0.5, 0.6) is 23.0 Å². The minimum absolute atomic E-state index is 0. The molecule has 0 aliphatic carbocycles. The van der Waals surface area contributed by atoms with E-state index in [0.29, 0.717) is 13.2 Å². The van der Waals surface area contributed by atoms with E-state index in [1.54, 1.807) is 0 Å². The predicted molar refractivity (Wildman–Crippen MR) is 305 cm³/mol. The summed E-state index contributed by atoms with van der Waals surface area (Å²) in [5.41, 5.74) is 4.82. The molecule has 1 radical (unpaired) electrons. The molecule has 0 amide bonds. The fraction of sp³-hybridized carbons (Fsp3) is 0.250. The van der Waals surface area contributed by atoms with Gasteiger partial charge in [0.1, 0.15) is 61.6 Å². The van der Waals surface area contributed by atoms with Crippen molar-refractivity contribution >= 4 is 37.4 Å². The molecule has 0 aromatic heterocycles. The summed E-state index contributed by atoms with van der Waals surface area (Å²) in [6, 6.07) is 74.1. The molecule has 8 aromatic rings. The first kappa shape index (κ1) is 58.9. The van der Waals surface area contributed by atoms with Crippen LogP contribution in [0.15, 0.2) is 218 Å². The van der Waals surface area contributed by atoms with Gasteiger partial charge < -0.3 is 38.0 Å². The van der Waals surface area contributed by atoms with E-state index >= 15 is 0 Å². The molecule has 8 rings (SSSR count). The predicted octanol–water partition coefficient (Wildman–Crippen LogP) is 10.3. The van der Waals surface area contributed by atoms with Crippen LogP contribution in [0.1, 0.15) is 35.1 Å². The van der Waals surface area contributed by atoms with E-state index in [-0.39, 0.29) is 70.5 Å². The Morgan fingerprint density at radius 3 is 0.840 bits per heavy atom. The molecule has 2 unspecified atom stereocenters. The number of aryl methyl sites for hydroxylation is 4. The number of aliphatic hydroxyl groups excluding tert-OH is 2. The summed E-state index contributed by atoms with van der Waals surface area (Å²) < 4.78 is 36.0. The maximum Gasteiger partial charge on any atom is 0.252 e. The molecule has 2 atom stereocenters. The Morgan fingerprint density at radius 1 is 0.347 bits per heavy atom. The van der Waals surface area contributed by atoms with E-state index in [2.05, 4.69) is 159 Å². The van der Waals surface area contributed by atoms with Gasteiger partial charge in [0, 0.05) is 57.3 Å². The average Bonchev–Trinajstić information content (AvgIpc) is 3.45. The van der Waals surface area contributed by atoms with Gasteiger partial charge in [0.25, 0.3) is 16.6 Å². The van der Waals surface area contributed by atoms with Crippen molar-refractivity contribution in [1.29, 1.82) is 0 Å². The van der Waals surface area contributed by atoms with E-state index in [4.69, 9.17) is 27.8 Å². The Balaban J connectivity index is 0.000000241. The van der Waals surface area contributed by atoms with Gasteiger partial charge in [-0.1, -0.05) is 181 Å². The number of aliphatic hydroxyl groups is 2. The largest absolute Gasteiger partial charge is 0.491 e. The quantitative estimate of drug-likeness (QED) is 0.0409. The van der Waals surface area contributed by atoms with Gasteiger partial charge in [-0.15, -0.1) is 0 Å². The molecule has 387 valence electrons. The molecule has 0 aliphatic rings. The summed E-state index contributed by atoms with van der Waals surface area (Å²) in [5, 5.41) is 25.5. The summed E-state index contributed by atoms with van der Waals surface area (Å²) in [6.07, 6.45) is 2.34. The van der Waals surface area contributed by atoms with E-state index in [1.165, 1.54) is 43.0 Å². The van der Waals surface area contributed by atoms with Crippen LogP contribution in [0.2, 0.25) is 13.1 Å². The van der Waals surface area contributed by atoms with Crippen LogP contribution in [0.25, 0.3) is 0 Å². The Bertz CT molecular complexity index is 2520. The molecular weight excluding hydrogens is 1180 g/mol. The zero-order valence-electron chi connectivity index (χ0n) is 43.9. The molecule has 2 N–H and O–H groups in total. The molecular formula is C64H72AcO8Si2. The van der Waals surface area contributed by atoms with E-state index < -0.39 is 28.8 Å². The fourth-order valence-corrected chi connectivity index (χ4v) is 14.2. The minimum Gasteiger partial charge on any atom is -0.491 e. The molecule has 0 heterocycles. The third-order valence-electron chi connectivity index (χ3n) is 13.0. The molecule has 0 saturated carbocycles. The molecule has 0 fully saturated rings. The second kappa shape index (κ2) is 31.0. The Labute approximate surface area is 483 Å². The maximum atomic E-state index is 10.2. The summed E-state index contributed by atoms with van der Waals surface area (Å²) in [6.45, 7) is 10.8. The Hall–Kier alpha value is -5.32. The molecule has 11 heteroatoms. The summed E-state index contributed by atoms with van der Waals surface area (Å²) in [4.78, 5) is 0. The number of benzene rings is 8. The minimum atomic E-state index is -2.26. The van der Waals surface area contributed by atoms with Crippen molar-refractivity contribution in [3.05, 3.63) is 241 Å². The van der Waals surface area contributed by atoms with Crippen LogP contribution in [-0.2, 0) is 21.7 Å². The van der Waals surface area contributed by atoms with Crippen LogP contribution in [0, 0.1) is 57.9 Å². The van der Waals surface area contributed by atoms with Crippen LogP contribution < -0.4 is 39.7 Å². The van der Waals surface area contributed by atoms with Gasteiger partial charge in [-0.2, -0.15) is 0 Å². The van der Waals surface area contributed by atoms with Gasteiger partial charge >= 0.3 is 0 Å². The van der Waals surface area contributed by atoms with Crippen molar-refractivity contribution in [2.24, 2.45) is 0 Å². The number of hydrogen-bond acceptors (Lipinski definition) is 8. The van der Waals surface area contributed by atoms with Crippen LogP contribution in [-0.4, -0.2) is 78.7 Å². The Morgan fingerprint density at radius 2 is 0.587 bits per heavy atom. The summed E-state index contributed by atoms with van der Waals surface area (Å²) in [7, 11) is -4.51. The molecule has 0 aliphatic heterocycles. The maximum absolute atomic E-state index is 10.2. The van der Waals surface area contributed by atoms with Gasteiger partial charge in [0.05, 0.1) is 0 Å². The van der Waals surface area contributed by atoms with Gasteiger partial charge in [-0.25, -0.2) is 0 Å². The van der Waals surface area contributed by atoms with E-state index in [9.17, 15) is 10.2 Å². The van der Waals surface area contributed by atoms with Crippen molar-refractivity contribution in [2.75, 3.05) is 39.6 Å². The Kier molecular flexibility index (Phi) is 24.4. The first-order valence-electron chi connectivity index (χ1n) is 25.7. The van der Waals surface area contributed by atoms with Crippen molar-refractivity contribution in [3.8, 4) is 23.0 Å². The molecule has 8 nitrogen and oxygen atoms in total. The number of ether oxygens (including phenoxy) is 4. The van der Waals surface area contributed by atoms with Gasteiger partial charge in [-0.3, -0.25) is 0 Å². The van der Waals surface area contributed by atoms with Crippen LogP contribution in [0.4, 0.5) is 0 Å². The average molecular weight is 1250 g/mol. The van der Waals surface area contributed by atoms with E-state index in [0.717, 1.165) is 48.7 Å². The van der Waals surface area contributed by atoms with E-state index in [1.807, 2.05) is 86.6 Å². The summed E-state index contributed by atoms with van der Waals surface area (Å²) in [5.74, 6) is 2.96. The first-order valence-corrected chi connectivity index (χ1v) is 30.6. The van der Waals surface area contributed by atoms with Crippen LogP contribution in [0.3, 0.4) is 0 Å². The van der Waals surface area contributed by atoms with Crippen molar-refractivity contribution in [3.63, 3.8) is 0 Å². The fourth-order valence-electron chi connectivity index (χ4n) is 8.44. The summed E-state index contributed by atoms with van der Waals surface area (Å²) >= 11 is 0. The van der Waals surface area contributed by atoms with Crippen molar-refractivity contribution in [1.82, 2.24) is 0 Å². The third-order valence-corrected chi connectivity index (χ3v) is 20.3.